The molecule has 13 heavy (non-hydrogen) atoms. The highest BCUT2D eigenvalue weighted by Crippen LogP contribution is 2.36. The second kappa shape index (κ2) is 3.28. The maximum Gasteiger partial charge on any atom is 0.364 e. The van der Waals surface area contributed by atoms with Crippen molar-refractivity contribution in [1.29, 1.82) is 0 Å². The number of carboxylic acid groups (broad SMARTS) is 1. The molecule has 0 spiro atoms. The third kappa shape index (κ3) is 1.85. The number of aliphatic carboxylic acids is 1. The molecule has 0 aromatic heterocycles. The molecule has 1 fully saturated rings. The Labute approximate surface area is 76.7 Å². The molecule has 72 valence electrons. The fourth-order valence-electron chi connectivity index (χ4n) is 1.21. The van der Waals surface area contributed by atoms with Gasteiger partial charge in [0.25, 0.3) is 5.79 Å². The van der Waals surface area contributed by atoms with Crippen molar-refractivity contribution in [2.24, 2.45) is 5.92 Å². The molecule has 0 aromatic carbocycles. The van der Waals surface area contributed by atoms with Gasteiger partial charge in [0.1, 0.15) is 0 Å². The van der Waals surface area contributed by atoms with Crippen LogP contribution in [0.1, 0.15) is 13.3 Å². The summed E-state index contributed by atoms with van der Waals surface area (Å²) >= 11 is 0. The second-order valence-corrected chi connectivity index (χ2v) is 3.33. The first kappa shape index (κ1) is 10.5. The smallest absolute Gasteiger partial charge is 0.364 e. The van der Waals surface area contributed by atoms with E-state index in [0.29, 0.717) is 0 Å². The predicted molar refractivity (Wildman–Crippen MR) is 43.0 cm³/mol. The van der Waals surface area contributed by atoms with Gasteiger partial charge < -0.3 is 20.1 Å². The fraction of sp³-hybridized carbons (Fsp3) is 0.857. The fourth-order valence-corrected chi connectivity index (χ4v) is 1.21. The van der Waals surface area contributed by atoms with E-state index in [1.54, 1.807) is 6.92 Å². The summed E-state index contributed by atoms with van der Waals surface area (Å²) in [5.74, 6) is -4.87. The van der Waals surface area contributed by atoms with Crippen molar-refractivity contribution in [3.8, 4) is 0 Å². The summed E-state index contributed by atoms with van der Waals surface area (Å²) < 4.78 is 4.55. The van der Waals surface area contributed by atoms with Gasteiger partial charge in [-0.2, -0.15) is 0 Å². The van der Waals surface area contributed by atoms with Crippen LogP contribution in [-0.2, 0) is 9.53 Å². The molecule has 4 unspecified atom stereocenters. The van der Waals surface area contributed by atoms with Gasteiger partial charge in [-0.1, -0.05) is 12.7 Å². The van der Waals surface area contributed by atoms with Gasteiger partial charge in [0.2, 0.25) is 0 Å². The molecule has 0 amide bonds. The standard InChI is InChI=1S/C7H11BO5/c1-3-4(8)2-7(12,6(10)11)13-5(3)9/h3-5,9,12H,2H2,1H3,(H,10,11). The third-order valence-corrected chi connectivity index (χ3v) is 2.29. The Kier molecular flexibility index (Phi) is 2.65. The van der Waals surface area contributed by atoms with E-state index in [-0.39, 0.29) is 12.3 Å². The van der Waals surface area contributed by atoms with Crippen LogP contribution in [-0.4, -0.2) is 41.2 Å². The van der Waals surface area contributed by atoms with Crippen LogP contribution in [0.4, 0.5) is 0 Å². The minimum atomic E-state index is -2.36. The van der Waals surface area contributed by atoms with Crippen LogP contribution in [0.25, 0.3) is 0 Å². The van der Waals surface area contributed by atoms with Crippen LogP contribution in [0, 0.1) is 5.92 Å². The van der Waals surface area contributed by atoms with Gasteiger partial charge in [-0.25, -0.2) is 4.79 Å². The number of hydrogen-bond donors (Lipinski definition) is 3. The van der Waals surface area contributed by atoms with Gasteiger partial charge in [0.05, 0.1) is 7.85 Å². The lowest BCUT2D eigenvalue weighted by Crippen LogP contribution is -2.51. The lowest BCUT2D eigenvalue weighted by Gasteiger charge is -2.39. The van der Waals surface area contributed by atoms with Crippen molar-refractivity contribution in [2.45, 2.75) is 31.2 Å². The normalized spacial score (nSPS) is 45.9. The maximum absolute atomic E-state index is 10.5. The topological polar surface area (TPSA) is 87.0 Å². The van der Waals surface area contributed by atoms with Crippen molar-refractivity contribution < 1.29 is 24.9 Å². The van der Waals surface area contributed by atoms with E-state index < -0.39 is 23.9 Å². The SMILES string of the molecule is [B]C1CC(O)(C(=O)O)OC(O)C1C. The summed E-state index contributed by atoms with van der Waals surface area (Å²) in [6, 6.07) is 0. The largest absolute Gasteiger partial charge is 0.477 e. The van der Waals surface area contributed by atoms with E-state index in [0.717, 1.165) is 0 Å². The van der Waals surface area contributed by atoms with E-state index in [4.69, 9.17) is 13.0 Å². The highest BCUT2D eigenvalue weighted by Gasteiger charge is 2.47. The highest BCUT2D eigenvalue weighted by atomic mass is 16.7. The Morgan fingerprint density at radius 1 is 1.69 bits per heavy atom. The number of carbonyl (C=O) groups is 1. The Bertz CT molecular complexity index is 207. The molecule has 1 heterocycles. The van der Waals surface area contributed by atoms with E-state index in [1.165, 1.54) is 0 Å². The summed E-state index contributed by atoms with van der Waals surface area (Å²) in [5, 5.41) is 27.1. The second-order valence-electron chi connectivity index (χ2n) is 3.33. The first-order valence-electron chi connectivity index (χ1n) is 3.94. The first-order valence-corrected chi connectivity index (χ1v) is 3.94. The summed E-state index contributed by atoms with van der Waals surface area (Å²) in [6.45, 7) is 1.62. The molecule has 3 N–H and O–H groups in total. The van der Waals surface area contributed by atoms with Crippen LogP contribution >= 0.6 is 0 Å². The van der Waals surface area contributed by atoms with Gasteiger partial charge in [-0.05, 0) is 0 Å². The zero-order chi connectivity index (χ0) is 10.2. The average Bonchev–Trinajstić information content (AvgIpc) is 2.00. The highest BCUT2D eigenvalue weighted by molar-refractivity contribution is 6.12. The summed E-state index contributed by atoms with van der Waals surface area (Å²) in [6.07, 6.45) is -1.56. The van der Waals surface area contributed by atoms with Crippen molar-refractivity contribution in [1.82, 2.24) is 0 Å². The van der Waals surface area contributed by atoms with Gasteiger partial charge in [0, 0.05) is 12.3 Å². The molecule has 6 heteroatoms. The number of aliphatic hydroxyl groups excluding tert-OH is 1. The van der Waals surface area contributed by atoms with E-state index in [9.17, 15) is 15.0 Å². The van der Waals surface area contributed by atoms with Crippen LogP contribution < -0.4 is 0 Å². The zero-order valence-electron chi connectivity index (χ0n) is 7.17. The predicted octanol–water partition coefficient (Wildman–Crippen LogP) is -0.909. The lowest BCUT2D eigenvalue weighted by atomic mass is 9.71. The molecule has 1 saturated heterocycles. The average molecular weight is 186 g/mol. The van der Waals surface area contributed by atoms with Crippen LogP contribution in [0.3, 0.4) is 0 Å². The molecule has 5 nitrogen and oxygen atoms in total. The number of aliphatic hydroxyl groups is 2. The first-order chi connectivity index (χ1) is 5.87. The molecule has 0 aliphatic carbocycles. The summed E-state index contributed by atoms with van der Waals surface area (Å²) in [5.41, 5.74) is 0. The van der Waals surface area contributed by atoms with Crippen molar-refractivity contribution >= 4 is 13.8 Å². The molecule has 2 radical (unpaired) electrons. The lowest BCUT2D eigenvalue weighted by molar-refractivity contribution is -0.308. The van der Waals surface area contributed by atoms with E-state index in [1.807, 2.05) is 0 Å². The monoisotopic (exact) mass is 186 g/mol. The van der Waals surface area contributed by atoms with Gasteiger partial charge >= 0.3 is 5.97 Å². The molecule has 0 aromatic rings. The Balaban J connectivity index is 2.79. The number of ether oxygens (including phenoxy) is 1. The Hall–Kier alpha value is -0.585. The van der Waals surface area contributed by atoms with Crippen molar-refractivity contribution in [3.63, 3.8) is 0 Å². The molecular formula is C7H11BO5. The summed E-state index contributed by atoms with van der Waals surface area (Å²) in [4.78, 5) is 10.5. The molecule has 4 atom stereocenters. The van der Waals surface area contributed by atoms with Crippen LogP contribution in [0.2, 0.25) is 5.82 Å². The van der Waals surface area contributed by atoms with E-state index in [2.05, 4.69) is 4.74 Å². The zero-order valence-corrected chi connectivity index (χ0v) is 7.17. The van der Waals surface area contributed by atoms with Crippen LogP contribution in [0.15, 0.2) is 0 Å². The maximum atomic E-state index is 10.5. The number of rotatable bonds is 1. The van der Waals surface area contributed by atoms with Crippen LogP contribution in [0.5, 0.6) is 0 Å². The Morgan fingerprint density at radius 2 is 2.23 bits per heavy atom. The Morgan fingerprint density at radius 3 is 2.62 bits per heavy atom. The molecule has 1 aliphatic rings. The minimum absolute atomic E-state index is 0.222. The molecule has 0 saturated carbocycles. The molecule has 1 aliphatic heterocycles. The summed E-state index contributed by atoms with van der Waals surface area (Å²) in [7, 11) is 5.52. The quantitative estimate of drug-likeness (QED) is 0.461. The van der Waals surface area contributed by atoms with Gasteiger partial charge in [-0.3, -0.25) is 0 Å². The van der Waals surface area contributed by atoms with Gasteiger partial charge in [0.15, 0.2) is 6.29 Å². The van der Waals surface area contributed by atoms with Crippen molar-refractivity contribution in [3.05, 3.63) is 0 Å². The van der Waals surface area contributed by atoms with E-state index >= 15 is 0 Å². The number of hydrogen-bond acceptors (Lipinski definition) is 4. The minimum Gasteiger partial charge on any atom is -0.477 e. The molecule has 1 rings (SSSR count). The molecule has 0 bridgehead atoms. The van der Waals surface area contributed by atoms with Gasteiger partial charge in [-0.15, -0.1) is 0 Å². The number of carboxylic acids is 1. The molecular weight excluding hydrogens is 175 g/mol. The van der Waals surface area contributed by atoms with Crippen molar-refractivity contribution in [2.75, 3.05) is 0 Å². The third-order valence-electron chi connectivity index (χ3n) is 2.29.